The summed E-state index contributed by atoms with van der Waals surface area (Å²) in [4.78, 5) is 31.8. The van der Waals surface area contributed by atoms with Gasteiger partial charge in [0.2, 0.25) is 0 Å². The first-order valence-corrected chi connectivity index (χ1v) is 15.4. The van der Waals surface area contributed by atoms with Crippen LogP contribution in [0.4, 0.5) is 5.82 Å². The SMILES string of the molecule is CCCCc1nc2c(N)nc3cc(CCCOCCCN=C=S)ccc3c2n1Cc1cccc(OP(=O)(O)O)c1O. The van der Waals surface area contributed by atoms with Crippen LogP contribution in [-0.4, -0.2) is 54.3 Å². The van der Waals surface area contributed by atoms with Crippen LogP contribution in [0.2, 0.25) is 0 Å². The second-order valence-corrected chi connectivity index (χ2v) is 11.0. The van der Waals surface area contributed by atoms with E-state index in [9.17, 15) is 19.5 Å². The quantitative estimate of drug-likeness (QED) is 0.0619. The highest BCUT2D eigenvalue weighted by Gasteiger charge is 2.22. The second kappa shape index (κ2) is 14.0. The normalized spacial score (nSPS) is 11.7. The van der Waals surface area contributed by atoms with E-state index in [1.54, 1.807) is 12.1 Å². The molecule has 0 unspecified atom stereocenters. The topological polar surface area (TPSA) is 165 Å². The van der Waals surface area contributed by atoms with Crippen LogP contribution in [0.1, 0.15) is 49.6 Å². The molecular weight excluding hydrogens is 565 g/mol. The summed E-state index contributed by atoms with van der Waals surface area (Å²) in [6.07, 6.45) is 5.02. The van der Waals surface area contributed by atoms with Crippen molar-refractivity contribution >= 4 is 53.0 Å². The number of benzene rings is 2. The number of para-hydroxylation sites is 1. The minimum atomic E-state index is -4.85. The van der Waals surface area contributed by atoms with Gasteiger partial charge >= 0.3 is 7.82 Å². The number of aliphatic imine (C=N–C) groups is 1. The molecular formula is C28H34N5O6PS. The first kappa shape index (κ1) is 30.6. The molecule has 0 aliphatic rings. The van der Waals surface area contributed by atoms with E-state index in [0.717, 1.165) is 59.9 Å². The molecule has 0 aliphatic carbocycles. The molecule has 4 rings (SSSR count). The Labute approximate surface area is 243 Å². The highest BCUT2D eigenvalue weighted by molar-refractivity contribution is 7.78. The lowest BCUT2D eigenvalue weighted by Crippen LogP contribution is -2.07. The molecule has 2 aromatic heterocycles. The monoisotopic (exact) mass is 599 g/mol. The van der Waals surface area contributed by atoms with Crippen LogP contribution in [0.3, 0.4) is 0 Å². The van der Waals surface area contributed by atoms with E-state index in [1.165, 1.54) is 6.07 Å². The van der Waals surface area contributed by atoms with Crippen LogP contribution in [0.5, 0.6) is 11.5 Å². The van der Waals surface area contributed by atoms with Crippen molar-refractivity contribution in [2.75, 3.05) is 25.5 Å². The maximum atomic E-state index is 11.4. The number of unbranched alkanes of at least 4 members (excludes halogenated alkanes) is 1. The van der Waals surface area contributed by atoms with Crippen molar-refractivity contribution in [2.45, 2.75) is 52.0 Å². The minimum Gasteiger partial charge on any atom is -0.504 e. The van der Waals surface area contributed by atoms with Crippen molar-refractivity contribution < 1.29 is 28.7 Å². The van der Waals surface area contributed by atoms with Crippen molar-refractivity contribution in [1.82, 2.24) is 14.5 Å². The fraction of sp³-hybridized carbons (Fsp3) is 0.393. The van der Waals surface area contributed by atoms with Crippen molar-refractivity contribution in [3.63, 3.8) is 0 Å². The van der Waals surface area contributed by atoms with E-state index in [1.807, 2.05) is 16.7 Å². The number of ether oxygens (including phenoxy) is 1. The van der Waals surface area contributed by atoms with Crippen LogP contribution in [-0.2, 0) is 28.7 Å². The summed E-state index contributed by atoms with van der Waals surface area (Å²) in [5.74, 6) is 0.451. The lowest BCUT2D eigenvalue weighted by atomic mass is 10.1. The second-order valence-electron chi connectivity index (χ2n) is 9.65. The number of phosphoric acid groups is 1. The number of hydrogen-bond acceptors (Lipinski definition) is 9. The van der Waals surface area contributed by atoms with Gasteiger partial charge in [0.1, 0.15) is 11.3 Å². The van der Waals surface area contributed by atoms with Gasteiger partial charge in [-0.25, -0.2) is 19.5 Å². The fourth-order valence-electron chi connectivity index (χ4n) is 4.69. The summed E-state index contributed by atoms with van der Waals surface area (Å²) >= 11 is 4.56. The number of fused-ring (bicyclic) bond motifs is 3. The van der Waals surface area contributed by atoms with Gasteiger partial charge in [0, 0.05) is 30.6 Å². The number of nitrogens with zero attached hydrogens (tertiary/aromatic N) is 4. The van der Waals surface area contributed by atoms with Crippen LogP contribution >= 0.6 is 20.0 Å². The highest BCUT2D eigenvalue weighted by Crippen LogP contribution is 2.43. The number of anilines is 1. The van der Waals surface area contributed by atoms with Gasteiger partial charge in [-0.05, 0) is 55.6 Å². The lowest BCUT2D eigenvalue weighted by Gasteiger charge is -2.15. The van der Waals surface area contributed by atoms with E-state index in [-0.39, 0.29) is 18.0 Å². The molecule has 0 radical (unpaired) electrons. The zero-order chi connectivity index (χ0) is 29.4. The Hall–Kier alpha value is -3.37. The average molecular weight is 600 g/mol. The van der Waals surface area contributed by atoms with E-state index >= 15 is 0 Å². The molecule has 0 fully saturated rings. The standard InChI is InChI=1S/C28H34N5O6PS/c1-2-3-10-24-32-25-26(33(24)17-20-8-4-9-23(27(20)34)39-40(35,36)37)21-12-11-19(16-22(21)31-28(25)29)7-5-14-38-15-6-13-30-18-41/h4,8-9,11-12,16,34H,2-3,5-7,10,13-15,17H2,1H3,(H2,29,31)(H2,35,36,37). The number of imidazole rings is 1. The molecule has 2 aromatic carbocycles. The molecule has 13 heteroatoms. The first-order valence-electron chi connectivity index (χ1n) is 13.5. The van der Waals surface area contributed by atoms with Gasteiger partial charge in [-0.1, -0.05) is 37.6 Å². The Morgan fingerprint density at radius 3 is 2.68 bits per heavy atom. The Kier molecular flexibility index (Phi) is 10.4. The summed E-state index contributed by atoms with van der Waals surface area (Å²) in [7, 11) is -4.85. The van der Waals surface area contributed by atoms with E-state index in [2.05, 4.69) is 44.9 Å². The summed E-state index contributed by atoms with van der Waals surface area (Å²) in [6.45, 7) is 4.17. The number of nitrogens with two attached hydrogens (primary N) is 1. The third kappa shape index (κ3) is 7.89. The smallest absolute Gasteiger partial charge is 0.504 e. The molecule has 11 nitrogen and oxygen atoms in total. The fourth-order valence-corrected chi connectivity index (χ4v) is 5.19. The lowest BCUT2D eigenvalue weighted by molar-refractivity contribution is 0.131. The molecule has 0 atom stereocenters. The molecule has 0 saturated carbocycles. The van der Waals surface area contributed by atoms with Crippen LogP contribution in [0.25, 0.3) is 21.9 Å². The van der Waals surface area contributed by atoms with Gasteiger partial charge in [0.25, 0.3) is 0 Å². The Balaban J connectivity index is 1.65. The Morgan fingerprint density at radius 2 is 1.93 bits per heavy atom. The van der Waals surface area contributed by atoms with Crippen molar-refractivity contribution in [1.29, 1.82) is 0 Å². The van der Waals surface area contributed by atoms with Crippen LogP contribution in [0, 0.1) is 0 Å². The maximum Gasteiger partial charge on any atom is 0.524 e. The Morgan fingerprint density at radius 1 is 1.12 bits per heavy atom. The summed E-state index contributed by atoms with van der Waals surface area (Å²) in [5, 5.41) is 14.0. The molecule has 41 heavy (non-hydrogen) atoms. The minimum absolute atomic E-state index is 0.188. The Bertz CT molecular complexity index is 1620. The molecule has 0 saturated heterocycles. The van der Waals surface area contributed by atoms with Gasteiger partial charge in [-0.2, -0.15) is 0 Å². The molecule has 2 heterocycles. The number of phenolic OH excluding ortho intramolecular Hbond substituents is 1. The van der Waals surface area contributed by atoms with Crippen molar-refractivity contribution in [2.24, 2.45) is 4.99 Å². The number of thiocarbonyl (C=S) groups is 1. The van der Waals surface area contributed by atoms with E-state index in [0.29, 0.717) is 43.1 Å². The molecule has 5 N–H and O–H groups in total. The van der Waals surface area contributed by atoms with Crippen molar-refractivity contribution in [3.05, 3.63) is 53.3 Å². The number of phenols is 1. The molecule has 4 aromatic rings. The number of isothiocyanates is 1. The third-order valence-electron chi connectivity index (χ3n) is 6.61. The van der Waals surface area contributed by atoms with Gasteiger partial charge < -0.3 is 24.7 Å². The predicted molar refractivity (Wildman–Crippen MR) is 162 cm³/mol. The van der Waals surface area contributed by atoms with E-state index < -0.39 is 7.82 Å². The van der Waals surface area contributed by atoms with Gasteiger partial charge in [0.15, 0.2) is 17.3 Å². The van der Waals surface area contributed by atoms with Gasteiger partial charge in [-0.15, -0.1) is 0 Å². The number of pyridine rings is 1. The third-order valence-corrected chi connectivity index (χ3v) is 7.17. The highest BCUT2D eigenvalue weighted by atomic mass is 32.1. The molecule has 0 aliphatic heterocycles. The average Bonchev–Trinajstić information content (AvgIpc) is 3.29. The summed E-state index contributed by atoms with van der Waals surface area (Å²) in [5.41, 5.74) is 10.0. The molecule has 0 amide bonds. The summed E-state index contributed by atoms with van der Waals surface area (Å²) in [6, 6.07) is 10.6. The number of aromatic nitrogens is 3. The molecule has 0 bridgehead atoms. The number of aromatic hydroxyl groups is 1. The zero-order valence-corrected chi connectivity index (χ0v) is 24.5. The molecule has 0 spiro atoms. The van der Waals surface area contributed by atoms with Gasteiger partial charge in [-0.3, -0.25) is 9.79 Å². The van der Waals surface area contributed by atoms with Gasteiger partial charge in [0.05, 0.1) is 29.3 Å². The van der Waals surface area contributed by atoms with Crippen molar-refractivity contribution in [3.8, 4) is 11.5 Å². The number of hydrogen-bond donors (Lipinski definition) is 4. The number of aryl methyl sites for hydroxylation is 2. The number of rotatable bonds is 15. The zero-order valence-electron chi connectivity index (χ0n) is 22.8. The number of phosphoric ester groups is 1. The number of nitrogen functional groups attached to an aromatic ring is 1. The predicted octanol–water partition coefficient (Wildman–Crippen LogP) is 5.18. The summed E-state index contributed by atoms with van der Waals surface area (Å²) < 4.78 is 23.8. The molecule has 218 valence electrons. The van der Waals surface area contributed by atoms with Crippen LogP contribution in [0.15, 0.2) is 41.4 Å². The van der Waals surface area contributed by atoms with E-state index in [4.69, 9.17) is 15.5 Å². The van der Waals surface area contributed by atoms with Crippen LogP contribution < -0.4 is 10.3 Å². The first-order chi connectivity index (χ1) is 19.7. The largest absolute Gasteiger partial charge is 0.524 e. The maximum absolute atomic E-state index is 11.4.